The lowest BCUT2D eigenvalue weighted by atomic mass is 10.1. The van der Waals surface area contributed by atoms with Crippen molar-refractivity contribution in [3.8, 4) is 0 Å². The van der Waals surface area contributed by atoms with Crippen LogP contribution in [0.2, 0.25) is 0 Å². The van der Waals surface area contributed by atoms with E-state index in [1.165, 1.54) is 0 Å². The van der Waals surface area contributed by atoms with E-state index in [2.05, 4.69) is 0 Å². The number of allylic oxidation sites excluding steroid dienone is 1. The molecule has 74 valence electrons. The molecular formula is C10H16O3. The standard InChI is InChI=1S/C10H16O3/c1-8(11)7-9-5-3-2-4-6-10(12)13-9/h2-3,8-9,11H,4-7H2,1H3/b3-2-/t8-,9?/m1/s1. The van der Waals surface area contributed by atoms with Crippen molar-refractivity contribution in [2.45, 2.75) is 44.8 Å². The molecule has 0 spiro atoms. The predicted octanol–water partition coefficient (Wildman–Crippen LogP) is 1.41. The predicted molar refractivity (Wildman–Crippen MR) is 49.2 cm³/mol. The van der Waals surface area contributed by atoms with E-state index in [1.54, 1.807) is 6.92 Å². The minimum absolute atomic E-state index is 0.149. The minimum Gasteiger partial charge on any atom is -0.462 e. The number of hydrogen-bond donors (Lipinski definition) is 1. The Kier molecular flexibility index (Phi) is 3.96. The first kappa shape index (κ1) is 10.3. The van der Waals surface area contributed by atoms with Crippen LogP contribution < -0.4 is 0 Å². The van der Waals surface area contributed by atoms with E-state index in [4.69, 9.17) is 9.84 Å². The zero-order chi connectivity index (χ0) is 9.68. The van der Waals surface area contributed by atoms with Crippen molar-refractivity contribution < 1.29 is 14.6 Å². The first-order valence-electron chi connectivity index (χ1n) is 4.71. The summed E-state index contributed by atoms with van der Waals surface area (Å²) in [6.07, 6.45) is 5.91. The summed E-state index contributed by atoms with van der Waals surface area (Å²) in [5, 5.41) is 9.14. The molecule has 1 aliphatic heterocycles. The molecule has 1 rings (SSSR count). The quantitative estimate of drug-likeness (QED) is 0.521. The molecule has 1 heterocycles. The molecule has 0 radical (unpaired) electrons. The molecule has 13 heavy (non-hydrogen) atoms. The van der Waals surface area contributed by atoms with E-state index in [-0.39, 0.29) is 12.1 Å². The van der Waals surface area contributed by atoms with Gasteiger partial charge in [0.15, 0.2) is 0 Å². The van der Waals surface area contributed by atoms with Gasteiger partial charge in [0, 0.05) is 19.3 Å². The summed E-state index contributed by atoms with van der Waals surface area (Å²) in [6.45, 7) is 1.70. The smallest absolute Gasteiger partial charge is 0.306 e. The van der Waals surface area contributed by atoms with Gasteiger partial charge < -0.3 is 9.84 Å². The molecule has 2 atom stereocenters. The summed E-state index contributed by atoms with van der Waals surface area (Å²) in [4.78, 5) is 11.1. The van der Waals surface area contributed by atoms with Gasteiger partial charge in [0.25, 0.3) is 0 Å². The van der Waals surface area contributed by atoms with Crippen molar-refractivity contribution in [2.75, 3.05) is 0 Å². The highest BCUT2D eigenvalue weighted by Gasteiger charge is 2.16. The van der Waals surface area contributed by atoms with Gasteiger partial charge in [-0.15, -0.1) is 0 Å². The van der Waals surface area contributed by atoms with E-state index in [1.807, 2.05) is 12.2 Å². The molecule has 1 unspecified atom stereocenters. The van der Waals surface area contributed by atoms with Gasteiger partial charge >= 0.3 is 5.97 Å². The van der Waals surface area contributed by atoms with Crippen molar-refractivity contribution in [1.82, 2.24) is 0 Å². The lowest BCUT2D eigenvalue weighted by Gasteiger charge is -2.19. The van der Waals surface area contributed by atoms with Crippen LogP contribution in [0.3, 0.4) is 0 Å². The van der Waals surface area contributed by atoms with Crippen LogP contribution in [0.15, 0.2) is 12.2 Å². The molecule has 0 saturated carbocycles. The van der Waals surface area contributed by atoms with E-state index in [9.17, 15) is 4.79 Å². The number of aliphatic hydroxyl groups is 1. The Bertz CT molecular complexity index is 196. The van der Waals surface area contributed by atoms with Crippen molar-refractivity contribution in [3.63, 3.8) is 0 Å². The fraction of sp³-hybridized carbons (Fsp3) is 0.700. The van der Waals surface area contributed by atoms with Gasteiger partial charge in [-0.05, 0) is 13.3 Å². The van der Waals surface area contributed by atoms with E-state index >= 15 is 0 Å². The average Bonchev–Trinajstić information content (AvgIpc) is 1.98. The largest absolute Gasteiger partial charge is 0.462 e. The van der Waals surface area contributed by atoms with Crippen molar-refractivity contribution >= 4 is 5.97 Å². The third-order valence-electron chi connectivity index (χ3n) is 1.98. The van der Waals surface area contributed by atoms with Gasteiger partial charge in [-0.3, -0.25) is 4.79 Å². The third kappa shape index (κ3) is 4.08. The van der Waals surface area contributed by atoms with Gasteiger partial charge in [0.2, 0.25) is 0 Å². The fourth-order valence-corrected chi connectivity index (χ4v) is 1.38. The van der Waals surface area contributed by atoms with Crippen LogP contribution in [-0.2, 0) is 9.53 Å². The molecular weight excluding hydrogens is 168 g/mol. The number of carbonyl (C=O) groups excluding carboxylic acids is 1. The first-order valence-corrected chi connectivity index (χ1v) is 4.71. The zero-order valence-corrected chi connectivity index (χ0v) is 7.90. The molecule has 0 saturated heterocycles. The van der Waals surface area contributed by atoms with E-state index in [0.717, 1.165) is 12.8 Å². The molecule has 0 amide bonds. The van der Waals surface area contributed by atoms with Gasteiger partial charge in [0.1, 0.15) is 6.10 Å². The van der Waals surface area contributed by atoms with E-state index in [0.29, 0.717) is 12.8 Å². The summed E-state index contributed by atoms with van der Waals surface area (Å²) >= 11 is 0. The lowest BCUT2D eigenvalue weighted by Crippen LogP contribution is -2.22. The van der Waals surface area contributed by atoms with Crippen LogP contribution >= 0.6 is 0 Å². The highest BCUT2D eigenvalue weighted by molar-refractivity contribution is 5.69. The number of cyclic esters (lactones) is 1. The Morgan fingerprint density at radius 2 is 2.46 bits per heavy atom. The second-order valence-corrected chi connectivity index (χ2v) is 3.44. The number of ether oxygens (including phenoxy) is 1. The Labute approximate surface area is 78.4 Å². The summed E-state index contributed by atoms with van der Waals surface area (Å²) in [6, 6.07) is 0. The van der Waals surface area contributed by atoms with Crippen LogP contribution in [0, 0.1) is 0 Å². The monoisotopic (exact) mass is 184 g/mol. The van der Waals surface area contributed by atoms with Crippen LogP contribution in [0.1, 0.15) is 32.6 Å². The molecule has 0 aliphatic carbocycles. The Morgan fingerprint density at radius 1 is 1.69 bits per heavy atom. The summed E-state index contributed by atoms with van der Waals surface area (Å²) in [5.41, 5.74) is 0. The van der Waals surface area contributed by atoms with Gasteiger partial charge in [-0.1, -0.05) is 12.2 Å². The third-order valence-corrected chi connectivity index (χ3v) is 1.98. The summed E-state index contributed by atoms with van der Waals surface area (Å²) < 4.78 is 5.15. The Balaban J connectivity index is 2.46. The highest BCUT2D eigenvalue weighted by atomic mass is 16.5. The normalized spacial score (nSPS) is 28.5. The summed E-state index contributed by atoms with van der Waals surface area (Å²) in [5.74, 6) is -0.157. The molecule has 0 aromatic heterocycles. The van der Waals surface area contributed by atoms with Crippen LogP contribution in [0.5, 0.6) is 0 Å². The van der Waals surface area contributed by atoms with Crippen molar-refractivity contribution in [3.05, 3.63) is 12.2 Å². The highest BCUT2D eigenvalue weighted by Crippen LogP contribution is 2.13. The maximum atomic E-state index is 11.1. The second kappa shape index (κ2) is 5.02. The van der Waals surface area contributed by atoms with Crippen LogP contribution in [0.4, 0.5) is 0 Å². The molecule has 1 N–H and O–H groups in total. The molecule has 0 aromatic rings. The minimum atomic E-state index is -0.411. The first-order chi connectivity index (χ1) is 6.18. The maximum Gasteiger partial charge on any atom is 0.306 e. The number of rotatable bonds is 2. The van der Waals surface area contributed by atoms with Crippen molar-refractivity contribution in [1.29, 1.82) is 0 Å². The van der Waals surface area contributed by atoms with Crippen LogP contribution in [0.25, 0.3) is 0 Å². The van der Waals surface area contributed by atoms with Crippen LogP contribution in [-0.4, -0.2) is 23.3 Å². The van der Waals surface area contributed by atoms with E-state index < -0.39 is 6.10 Å². The fourth-order valence-electron chi connectivity index (χ4n) is 1.38. The Hall–Kier alpha value is -0.830. The number of aliphatic hydroxyl groups excluding tert-OH is 1. The number of hydrogen-bond acceptors (Lipinski definition) is 3. The molecule has 0 aromatic carbocycles. The average molecular weight is 184 g/mol. The molecule has 0 bridgehead atoms. The van der Waals surface area contributed by atoms with Crippen molar-refractivity contribution in [2.24, 2.45) is 0 Å². The number of esters is 1. The van der Waals surface area contributed by atoms with Gasteiger partial charge in [0.05, 0.1) is 6.10 Å². The SMILES string of the molecule is C[C@@H](O)CC1C/C=C\CCC(=O)O1. The Morgan fingerprint density at radius 3 is 3.15 bits per heavy atom. The maximum absolute atomic E-state index is 11.1. The second-order valence-electron chi connectivity index (χ2n) is 3.44. The molecule has 3 nitrogen and oxygen atoms in total. The molecule has 0 fully saturated rings. The number of carbonyl (C=O) groups is 1. The van der Waals surface area contributed by atoms with Gasteiger partial charge in [-0.25, -0.2) is 0 Å². The topological polar surface area (TPSA) is 46.5 Å². The molecule has 3 heteroatoms. The summed E-state index contributed by atoms with van der Waals surface area (Å²) in [7, 11) is 0. The molecule has 1 aliphatic rings. The lowest BCUT2D eigenvalue weighted by molar-refractivity contribution is -0.150. The van der Waals surface area contributed by atoms with Gasteiger partial charge in [-0.2, -0.15) is 0 Å². The zero-order valence-electron chi connectivity index (χ0n) is 7.90.